The van der Waals surface area contributed by atoms with Crippen LogP contribution in [-0.2, 0) is 17.8 Å². The molecule has 0 aliphatic carbocycles. The van der Waals surface area contributed by atoms with E-state index >= 15 is 0 Å². The second kappa shape index (κ2) is 10.6. The summed E-state index contributed by atoms with van der Waals surface area (Å²) >= 11 is 0. The standard InChI is InChI=1S/C29H29FN2O3/c1-18-5-14-26(19(2)15-18)29(23-8-10-24(30)11-9-23)31-28(33)16-22-6-12-25(13-7-22)34-17-27-20(3)32-35-21(27)4/h5-15,29H,16-17H2,1-4H3,(H,31,33). The normalized spacial score (nSPS) is 11.8. The first kappa shape index (κ1) is 24.2. The molecular formula is C29H29FN2O3. The summed E-state index contributed by atoms with van der Waals surface area (Å²) in [7, 11) is 0. The molecule has 0 saturated heterocycles. The first-order valence-corrected chi connectivity index (χ1v) is 11.6. The molecule has 1 aromatic heterocycles. The highest BCUT2D eigenvalue weighted by Crippen LogP contribution is 2.26. The molecule has 1 N–H and O–H groups in total. The van der Waals surface area contributed by atoms with Gasteiger partial charge in [-0.25, -0.2) is 4.39 Å². The smallest absolute Gasteiger partial charge is 0.225 e. The maximum Gasteiger partial charge on any atom is 0.225 e. The van der Waals surface area contributed by atoms with Crippen molar-refractivity contribution >= 4 is 5.91 Å². The van der Waals surface area contributed by atoms with Gasteiger partial charge in [0.1, 0.15) is 23.9 Å². The number of amides is 1. The number of halogens is 1. The van der Waals surface area contributed by atoms with Gasteiger partial charge in [-0.3, -0.25) is 4.79 Å². The molecular weight excluding hydrogens is 443 g/mol. The van der Waals surface area contributed by atoms with Crippen LogP contribution in [-0.4, -0.2) is 11.1 Å². The summed E-state index contributed by atoms with van der Waals surface area (Å²) in [5, 5.41) is 7.08. The molecule has 0 fully saturated rings. The van der Waals surface area contributed by atoms with Crippen molar-refractivity contribution in [2.45, 2.75) is 46.8 Å². The molecule has 1 atom stereocenters. The van der Waals surface area contributed by atoms with E-state index in [1.54, 1.807) is 12.1 Å². The largest absolute Gasteiger partial charge is 0.489 e. The molecule has 5 nitrogen and oxygen atoms in total. The monoisotopic (exact) mass is 472 g/mol. The molecule has 0 aliphatic heterocycles. The number of rotatable bonds is 8. The van der Waals surface area contributed by atoms with Gasteiger partial charge in [-0.15, -0.1) is 0 Å². The summed E-state index contributed by atoms with van der Waals surface area (Å²) in [4.78, 5) is 13.0. The molecule has 1 unspecified atom stereocenters. The van der Waals surface area contributed by atoms with Crippen LogP contribution in [0, 0.1) is 33.5 Å². The molecule has 1 amide bonds. The molecule has 0 saturated carbocycles. The van der Waals surface area contributed by atoms with Crippen LogP contribution in [0.5, 0.6) is 5.75 Å². The second-order valence-electron chi connectivity index (χ2n) is 8.82. The van der Waals surface area contributed by atoms with Gasteiger partial charge in [0.15, 0.2) is 0 Å². The van der Waals surface area contributed by atoms with E-state index in [2.05, 4.69) is 16.5 Å². The van der Waals surface area contributed by atoms with Gasteiger partial charge in [0, 0.05) is 0 Å². The van der Waals surface area contributed by atoms with Gasteiger partial charge >= 0.3 is 0 Å². The van der Waals surface area contributed by atoms with E-state index in [4.69, 9.17) is 9.26 Å². The lowest BCUT2D eigenvalue weighted by molar-refractivity contribution is -0.120. The van der Waals surface area contributed by atoms with Crippen LogP contribution in [0.25, 0.3) is 0 Å². The van der Waals surface area contributed by atoms with Crippen molar-refractivity contribution in [3.05, 3.63) is 117 Å². The van der Waals surface area contributed by atoms with E-state index in [1.165, 1.54) is 12.1 Å². The minimum atomic E-state index is -0.374. The summed E-state index contributed by atoms with van der Waals surface area (Å²) in [6, 6.07) is 19.5. The molecule has 180 valence electrons. The zero-order valence-corrected chi connectivity index (χ0v) is 20.4. The average molecular weight is 473 g/mol. The van der Waals surface area contributed by atoms with Crippen LogP contribution < -0.4 is 10.1 Å². The van der Waals surface area contributed by atoms with Crippen molar-refractivity contribution in [1.82, 2.24) is 10.5 Å². The van der Waals surface area contributed by atoms with Crippen LogP contribution in [0.4, 0.5) is 4.39 Å². The van der Waals surface area contributed by atoms with Gasteiger partial charge < -0.3 is 14.6 Å². The Morgan fingerprint density at radius 3 is 2.34 bits per heavy atom. The zero-order chi connectivity index (χ0) is 24.9. The first-order chi connectivity index (χ1) is 16.8. The summed E-state index contributed by atoms with van der Waals surface area (Å²) in [5.74, 6) is 1.02. The third-order valence-electron chi connectivity index (χ3n) is 6.10. The molecule has 35 heavy (non-hydrogen) atoms. The van der Waals surface area contributed by atoms with Gasteiger partial charge in [-0.1, -0.05) is 53.2 Å². The molecule has 0 aliphatic rings. The third-order valence-corrected chi connectivity index (χ3v) is 6.10. The minimum absolute atomic E-state index is 0.122. The van der Waals surface area contributed by atoms with Gasteiger partial charge in [0.05, 0.1) is 23.7 Å². The predicted molar refractivity (Wildman–Crippen MR) is 133 cm³/mol. The van der Waals surface area contributed by atoms with E-state index in [-0.39, 0.29) is 24.2 Å². The van der Waals surface area contributed by atoms with Crippen LogP contribution in [0.2, 0.25) is 0 Å². The summed E-state index contributed by atoms with van der Waals surface area (Å²) in [6.07, 6.45) is 0.215. The lowest BCUT2D eigenvalue weighted by Gasteiger charge is -2.22. The Bertz CT molecular complexity index is 1290. The van der Waals surface area contributed by atoms with Crippen molar-refractivity contribution in [2.24, 2.45) is 0 Å². The number of aromatic nitrogens is 1. The summed E-state index contributed by atoms with van der Waals surface area (Å²) < 4.78 is 24.6. The van der Waals surface area contributed by atoms with Gasteiger partial charge in [0.2, 0.25) is 5.91 Å². The quantitative estimate of drug-likeness (QED) is 0.338. The average Bonchev–Trinajstić information content (AvgIpc) is 3.15. The first-order valence-electron chi connectivity index (χ1n) is 11.6. The summed E-state index contributed by atoms with van der Waals surface area (Å²) in [6.45, 7) is 8.17. The SMILES string of the molecule is Cc1ccc(C(NC(=O)Cc2ccc(OCc3c(C)noc3C)cc2)c2ccc(F)cc2)c(C)c1. The number of carbonyl (C=O) groups is 1. The van der Waals surface area contributed by atoms with Crippen LogP contribution >= 0.6 is 0 Å². The molecule has 4 rings (SSSR count). The number of ether oxygens (including phenoxy) is 1. The van der Waals surface area contributed by atoms with Crippen LogP contribution in [0.1, 0.15) is 50.9 Å². The van der Waals surface area contributed by atoms with Gasteiger partial charge in [-0.2, -0.15) is 0 Å². The van der Waals surface area contributed by atoms with Crippen molar-refractivity contribution in [3.8, 4) is 5.75 Å². The maximum atomic E-state index is 13.5. The number of hydrogen-bond acceptors (Lipinski definition) is 4. The van der Waals surface area contributed by atoms with Gasteiger partial charge in [0.25, 0.3) is 0 Å². The fourth-order valence-corrected chi connectivity index (χ4v) is 4.11. The summed E-state index contributed by atoms with van der Waals surface area (Å²) in [5.41, 5.74) is 6.65. The number of aryl methyl sites for hydroxylation is 4. The molecule has 0 bridgehead atoms. The molecule has 0 radical (unpaired) electrons. The number of nitrogens with zero attached hydrogens (tertiary/aromatic N) is 1. The Morgan fingerprint density at radius 1 is 1.00 bits per heavy atom. The van der Waals surface area contributed by atoms with Gasteiger partial charge in [-0.05, 0) is 74.2 Å². The Morgan fingerprint density at radius 2 is 1.71 bits per heavy atom. The van der Waals surface area contributed by atoms with Crippen LogP contribution in [0.3, 0.4) is 0 Å². The van der Waals surface area contributed by atoms with Crippen molar-refractivity contribution in [1.29, 1.82) is 0 Å². The highest BCUT2D eigenvalue weighted by atomic mass is 19.1. The highest BCUT2D eigenvalue weighted by molar-refractivity contribution is 5.79. The van der Waals surface area contributed by atoms with Crippen molar-refractivity contribution in [3.63, 3.8) is 0 Å². The van der Waals surface area contributed by atoms with E-state index in [1.807, 2.05) is 64.1 Å². The Kier molecular flexibility index (Phi) is 7.30. The van der Waals surface area contributed by atoms with E-state index < -0.39 is 0 Å². The predicted octanol–water partition coefficient (Wildman–Crippen LogP) is 6.07. The Hall–Kier alpha value is -3.93. The molecule has 6 heteroatoms. The molecule has 3 aromatic carbocycles. The zero-order valence-electron chi connectivity index (χ0n) is 20.4. The molecule has 1 heterocycles. The number of hydrogen-bond donors (Lipinski definition) is 1. The number of benzene rings is 3. The molecule has 4 aromatic rings. The fourth-order valence-electron chi connectivity index (χ4n) is 4.11. The van der Waals surface area contributed by atoms with Crippen LogP contribution in [0.15, 0.2) is 71.3 Å². The Balaban J connectivity index is 1.45. The lowest BCUT2D eigenvalue weighted by Crippen LogP contribution is -2.31. The maximum absolute atomic E-state index is 13.5. The topological polar surface area (TPSA) is 64.4 Å². The Labute approximate surface area is 204 Å². The highest BCUT2D eigenvalue weighted by Gasteiger charge is 2.19. The second-order valence-corrected chi connectivity index (χ2v) is 8.82. The van der Waals surface area contributed by atoms with E-state index in [0.717, 1.165) is 44.8 Å². The lowest BCUT2D eigenvalue weighted by atomic mass is 9.93. The van der Waals surface area contributed by atoms with Crippen molar-refractivity contribution < 1.29 is 18.4 Å². The van der Waals surface area contributed by atoms with Crippen molar-refractivity contribution in [2.75, 3.05) is 0 Å². The molecule has 0 spiro atoms. The minimum Gasteiger partial charge on any atom is -0.489 e. The van der Waals surface area contributed by atoms with E-state index in [0.29, 0.717) is 12.4 Å². The van der Waals surface area contributed by atoms with E-state index in [9.17, 15) is 9.18 Å². The number of carbonyl (C=O) groups excluding carboxylic acids is 1. The number of nitrogens with one attached hydrogen (secondary N) is 1. The third kappa shape index (κ3) is 5.96. The fraction of sp³-hybridized carbons (Fsp3) is 0.241.